The van der Waals surface area contributed by atoms with Gasteiger partial charge in [0.05, 0.1) is 12.1 Å². The third-order valence-electron chi connectivity index (χ3n) is 6.01. The third-order valence-corrected chi connectivity index (χ3v) is 6.01. The Morgan fingerprint density at radius 1 is 0.607 bits per heavy atom. The van der Waals surface area contributed by atoms with Crippen molar-refractivity contribution in [3.05, 3.63) is 118 Å². The molecule has 0 amide bonds. The zero-order chi connectivity index (χ0) is 19.3. The normalized spacial score (nSPS) is 19.1. The highest BCUT2D eigenvalue weighted by Crippen LogP contribution is 2.49. The molecule has 1 heterocycles. The Hall–Kier alpha value is -2.94. The second-order valence-corrected chi connectivity index (χ2v) is 7.70. The van der Waals surface area contributed by atoms with Gasteiger partial charge in [-0.2, -0.15) is 5.06 Å². The predicted octanol–water partition coefficient (Wildman–Crippen LogP) is 6.34. The average Bonchev–Trinajstić information content (AvgIpc) is 2.73. The van der Waals surface area contributed by atoms with E-state index in [1.165, 1.54) is 33.0 Å². The quantitative estimate of drug-likeness (QED) is 0.448. The molecule has 0 saturated heterocycles. The summed E-state index contributed by atoms with van der Waals surface area (Å²) < 4.78 is 0. The van der Waals surface area contributed by atoms with E-state index >= 15 is 0 Å². The van der Waals surface area contributed by atoms with Crippen LogP contribution >= 0.6 is 0 Å². The van der Waals surface area contributed by atoms with Crippen molar-refractivity contribution in [3.8, 4) is 0 Å². The van der Waals surface area contributed by atoms with Crippen LogP contribution in [0.4, 0.5) is 0 Å². The van der Waals surface area contributed by atoms with Gasteiger partial charge in [-0.05, 0) is 58.0 Å². The predicted molar refractivity (Wildman–Crippen MR) is 114 cm³/mol. The molecular weight excluding hydrogens is 342 g/mol. The van der Waals surface area contributed by atoms with Crippen LogP contribution in [0.2, 0.25) is 0 Å². The highest BCUT2D eigenvalue weighted by Gasteiger charge is 2.38. The lowest BCUT2D eigenvalue weighted by molar-refractivity contribution is -0.144. The van der Waals surface area contributed by atoms with Crippen molar-refractivity contribution in [2.75, 3.05) is 0 Å². The zero-order valence-electron chi connectivity index (χ0n) is 16.1. The van der Waals surface area contributed by atoms with Crippen LogP contribution in [0.25, 0.3) is 10.8 Å². The molecule has 5 rings (SSSR count). The van der Waals surface area contributed by atoms with Gasteiger partial charge in [0.1, 0.15) is 0 Å². The lowest BCUT2D eigenvalue weighted by Gasteiger charge is -2.41. The van der Waals surface area contributed by atoms with Gasteiger partial charge >= 0.3 is 0 Å². The Balaban J connectivity index is 1.90. The summed E-state index contributed by atoms with van der Waals surface area (Å²) in [5.74, 6) is 0. The van der Waals surface area contributed by atoms with E-state index < -0.39 is 0 Å². The molecule has 1 aliphatic rings. The van der Waals surface area contributed by atoms with Crippen LogP contribution in [0.1, 0.15) is 45.5 Å². The molecule has 0 aromatic heterocycles. The van der Waals surface area contributed by atoms with Gasteiger partial charge in [-0.25, -0.2) is 0 Å². The molecule has 0 aliphatic carbocycles. The number of hydrogen-bond donors (Lipinski definition) is 1. The van der Waals surface area contributed by atoms with Crippen LogP contribution in [0.3, 0.4) is 0 Å². The molecule has 0 spiro atoms. The van der Waals surface area contributed by atoms with Crippen molar-refractivity contribution >= 4 is 10.8 Å². The van der Waals surface area contributed by atoms with Crippen LogP contribution in [0.15, 0.2) is 84.9 Å². The first-order valence-electron chi connectivity index (χ1n) is 9.76. The summed E-state index contributed by atoms with van der Waals surface area (Å²) in [6, 6.07) is 29.0. The maximum Gasteiger partial charge on any atom is 0.0869 e. The van der Waals surface area contributed by atoms with E-state index in [1.807, 2.05) is 36.4 Å². The summed E-state index contributed by atoms with van der Waals surface area (Å²) in [6.45, 7) is 4.29. The molecular formula is C26H23NO. The smallest absolute Gasteiger partial charge is 0.0869 e. The SMILES string of the molecule is Cc1ccc2ccc(C)c3c2c1[C@@H](c1ccccc1)N(O)[C@@H]3c1ccccc1. The van der Waals surface area contributed by atoms with Gasteiger partial charge in [0, 0.05) is 0 Å². The molecule has 1 N–H and O–H groups in total. The molecule has 28 heavy (non-hydrogen) atoms. The number of rotatable bonds is 2. The van der Waals surface area contributed by atoms with Crippen LogP contribution in [0, 0.1) is 13.8 Å². The van der Waals surface area contributed by atoms with Crippen molar-refractivity contribution in [1.29, 1.82) is 0 Å². The Bertz CT molecular complexity index is 1060. The number of hydroxylamine groups is 2. The van der Waals surface area contributed by atoms with Crippen molar-refractivity contribution < 1.29 is 5.21 Å². The Morgan fingerprint density at radius 2 is 1.04 bits per heavy atom. The zero-order valence-corrected chi connectivity index (χ0v) is 16.1. The molecule has 0 radical (unpaired) electrons. The second-order valence-electron chi connectivity index (χ2n) is 7.70. The number of hydrogen-bond acceptors (Lipinski definition) is 2. The highest BCUT2D eigenvalue weighted by molar-refractivity contribution is 5.93. The van der Waals surface area contributed by atoms with Gasteiger partial charge < -0.3 is 5.21 Å². The van der Waals surface area contributed by atoms with Crippen LogP contribution in [0.5, 0.6) is 0 Å². The monoisotopic (exact) mass is 365 g/mol. The van der Waals surface area contributed by atoms with Crippen molar-refractivity contribution in [3.63, 3.8) is 0 Å². The van der Waals surface area contributed by atoms with Crippen molar-refractivity contribution in [2.45, 2.75) is 25.9 Å². The van der Waals surface area contributed by atoms with Gasteiger partial charge in [0.2, 0.25) is 0 Å². The van der Waals surface area contributed by atoms with E-state index in [9.17, 15) is 5.21 Å². The van der Waals surface area contributed by atoms with E-state index in [4.69, 9.17) is 0 Å². The largest absolute Gasteiger partial charge is 0.312 e. The molecule has 0 bridgehead atoms. The van der Waals surface area contributed by atoms with Crippen molar-refractivity contribution in [2.24, 2.45) is 0 Å². The molecule has 2 nitrogen and oxygen atoms in total. The molecule has 1 aliphatic heterocycles. The van der Waals surface area contributed by atoms with E-state index in [2.05, 4.69) is 62.4 Å². The first-order chi connectivity index (χ1) is 13.7. The summed E-state index contributed by atoms with van der Waals surface area (Å²) in [5.41, 5.74) is 7.04. The Morgan fingerprint density at radius 3 is 1.46 bits per heavy atom. The van der Waals surface area contributed by atoms with Gasteiger partial charge in [0.25, 0.3) is 0 Å². The summed E-state index contributed by atoms with van der Waals surface area (Å²) in [6.07, 6.45) is 0. The van der Waals surface area contributed by atoms with Gasteiger partial charge in [-0.15, -0.1) is 0 Å². The molecule has 0 fully saturated rings. The maximum atomic E-state index is 11.6. The molecule has 4 aromatic carbocycles. The minimum Gasteiger partial charge on any atom is -0.312 e. The van der Waals surface area contributed by atoms with E-state index in [-0.39, 0.29) is 12.1 Å². The molecule has 0 unspecified atom stereocenters. The fourth-order valence-electron chi connectivity index (χ4n) is 4.71. The highest BCUT2D eigenvalue weighted by atomic mass is 16.5. The Kier molecular flexibility index (Phi) is 4.04. The first kappa shape index (κ1) is 17.2. The summed E-state index contributed by atoms with van der Waals surface area (Å²) in [4.78, 5) is 0. The first-order valence-corrected chi connectivity index (χ1v) is 9.76. The Labute approximate surface area is 165 Å². The topological polar surface area (TPSA) is 23.5 Å². The lowest BCUT2D eigenvalue weighted by atomic mass is 9.78. The van der Waals surface area contributed by atoms with E-state index in [1.54, 1.807) is 5.06 Å². The van der Waals surface area contributed by atoms with Crippen LogP contribution in [-0.4, -0.2) is 10.3 Å². The third kappa shape index (κ3) is 2.50. The number of aryl methyl sites for hydroxylation is 2. The minimum absolute atomic E-state index is 0.204. The molecule has 0 saturated carbocycles. The fourth-order valence-corrected chi connectivity index (χ4v) is 4.71. The summed E-state index contributed by atoms with van der Waals surface area (Å²) in [7, 11) is 0. The van der Waals surface area contributed by atoms with E-state index in [0.29, 0.717) is 0 Å². The molecule has 2 atom stereocenters. The lowest BCUT2D eigenvalue weighted by Crippen LogP contribution is -2.36. The molecule has 2 heteroatoms. The summed E-state index contributed by atoms with van der Waals surface area (Å²) >= 11 is 0. The van der Waals surface area contributed by atoms with Crippen molar-refractivity contribution in [1.82, 2.24) is 5.06 Å². The van der Waals surface area contributed by atoms with Crippen LogP contribution in [-0.2, 0) is 0 Å². The molecule has 4 aromatic rings. The number of benzene rings is 4. The fraction of sp³-hybridized carbons (Fsp3) is 0.154. The summed E-state index contributed by atoms with van der Waals surface area (Å²) in [5, 5.41) is 15.7. The van der Waals surface area contributed by atoms with Gasteiger partial charge in [0.15, 0.2) is 0 Å². The van der Waals surface area contributed by atoms with Gasteiger partial charge in [-0.3, -0.25) is 0 Å². The average molecular weight is 365 g/mol. The van der Waals surface area contributed by atoms with E-state index in [0.717, 1.165) is 11.1 Å². The molecule has 138 valence electrons. The second kappa shape index (κ2) is 6.59. The maximum absolute atomic E-state index is 11.6. The standard InChI is InChI=1S/C26H23NO/c1-17-13-15-19-16-14-18(2)23-24(19)22(17)25(20-9-5-3-6-10-20)27(28)26(23)21-11-7-4-8-12-21/h3-16,25-26,28H,1-2H3/t25-,26-/m1/s1. The number of nitrogens with zero attached hydrogens (tertiary/aromatic N) is 1. The van der Waals surface area contributed by atoms with Gasteiger partial charge in [-0.1, -0.05) is 84.9 Å². The van der Waals surface area contributed by atoms with Crippen LogP contribution < -0.4 is 0 Å². The minimum atomic E-state index is -0.204.